The number of nitrogens with zero attached hydrogens (tertiary/aromatic N) is 2. The van der Waals surface area contributed by atoms with E-state index in [1.54, 1.807) is 26.1 Å². The fraction of sp³-hybridized carbons (Fsp3) is 0.300. The number of hydroxylamine groups is 1. The molecule has 3 rings (SSSR count). The standard InChI is InChI=1S/C20H21F2N3O5/c1-11-6-17(29-10-14-15(21)4-3-5-16(14)22)19-23-12(2)18(25(19)7-11)20(28)24-30-9-13(27)8-26/h3-7,13,26-27H,8-10H2,1-2H3,(H,24,28)/t13-/m0/s1. The average molecular weight is 421 g/mol. The van der Waals surface area contributed by atoms with Crippen LogP contribution in [-0.4, -0.2) is 44.8 Å². The highest BCUT2D eigenvalue weighted by Gasteiger charge is 2.20. The number of hydrogen-bond donors (Lipinski definition) is 3. The summed E-state index contributed by atoms with van der Waals surface area (Å²) in [5, 5.41) is 18.1. The van der Waals surface area contributed by atoms with Gasteiger partial charge in [-0.15, -0.1) is 0 Å². The van der Waals surface area contributed by atoms with Crippen LogP contribution in [0.1, 0.15) is 27.3 Å². The van der Waals surface area contributed by atoms with Gasteiger partial charge in [-0.1, -0.05) is 6.07 Å². The number of aliphatic hydroxyl groups is 2. The molecule has 160 valence electrons. The zero-order chi connectivity index (χ0) is 21.8. The predicted molar refractivity (Wildman–Crippen MR) is 102 cm³/mol. The van der Waals surface area contributed by atoms with E-state index in [0.29, 0.717) is 5.69 Å². The molecule has 0 aliphatic heterocycles. The van der Waals surface area contributed by atoms with Crippen molar-refractivity contribution in [3.63, 3.8) is 0 Å². The van der Waals surface area contributed by atoms with Gasteiger partial charge in [-0.3, -0.25) is 14.0 Å². The summed E-state index contributed by atoms with van der Waals surface area (Å²) in [5.41, 5.74) is 3.50. The van der Waals surface area contributed by atoms with Crippen molar-refractivity contribution >= 4 is 11.6 Å². The minimum atomic E-state index is -1.13. The van der Waals surface area contributed by atoms with Crippen LogP contribution in [0.5, 0.6) is 5.75 Å². The maximum atomic E-state index is 13.9. The molecule has 1 amide bonds. The summed E-state index contributed by atoms with van der Waals surface area (Å²) in [5.74, 6) is -1.82. The Hall–Kier alpha value is -3.08. The van der Waals surface area contributed by atoms with E-state index in [1.807, 2.05) is 0 Å². The number of carbonyl (C=O) groups excluding carboxylic acids is 1. The molecule has 1 aromatic carbocycles. The topological polar surface area (TPSA) is 105 Å². The van der Waals surface area contributed by atoms with Crippen molar-refractivity contribution in [1.29, 1.82) is 0 Å². The van der Waals surface area contributed by atoms with Crippen LogP contribution in [0.25, 0.3) is 5.65 Å². The summed E-state index contributed by atoms with van der Waals surface area (Å²) < 4.78 is 34.9. The van der Waals surface area contributed by atoms with Gasteiger partial charge in [0.1, 0.15) is 36.6 Å². The number of ether oxygens (including phenoxy) is 1. The minimum absolute atomic E-state index is 0.161. The molecule has 0 saturated heterocycles. The smallest absolute Gasteiger partial charge is 0.293 e. The highest BCUT2D eigenvalue weighted by Crippen LogP contribution is 2.26. The molecule has 0 radical (unpaired) electrons. The number of carbonyl (C=O) groups is 1. The second kappa shape index (κ2) is 9.16. The van der Waals surface area contributed by atoms with Crippen LogP contribution < -0.4 is 10.2 Å². The number of pyridine rings is 1. The Morgan fingerprint density at radius 2 is 2.00 bits per heavy atom. The lowest BCUT2D eigenvalue weighted by molar-refractivity contribution is -0.0297. The molecule has 2 heterocycles. The molecule has 8 nitrogen and oxygen atoms in total. The normalized spacial score (nSPS) is 12.2. The highest BCUT2D eigenvalue weighted by atomic mass is 19.1. The summed E-state index contributed by atoms with van der Waals surface area (Å²) in [4.78, 5) is 21.8. The highest BCUT2D eigenvalue weighted by molar-refractivity contribution is 5.94. The summed E-state index contributed by atoms with van der Waals surface area (Å²) in [7, 11) is 0. The van der Waals surface area contributed by atoms with E-state index in [0.717, 1.165) is 17.7 Å². The van der Waals surface area contributed by atoms with Gasteiger partial charge in [0.05, 0.1) is 17.9 Å². The first kappa shape index (κ1) is 21.6. The summed E-state index contributed by atoms with van der Waals surface area (Å²) in [6, 6.07) is 5.20. The average Bonchev–Trinajstić information content (AvgIpc) is 3.03. The van der Waals surface area contributed by atoms with Gasteiger partial charge in [0.25, 0.3) is 5.91 Å². The van der Waals surface area contributed by atoms with E-state index in [1.165, 1.54) is 10.5 Å². The number of imidazole rings is 1. The monoisotopic (exact) mass is 421 g/mol. The molecular formula is C20H21F2N3O5. The van der Waals surface area contributed by atoms with E-state index in [9.17, 15) is 18.7 Å². The van der Waals surface area contributed by atoms with Gasteiger partial charge in [0.2, 0.25) is 0 Å². The third-order valence-electron chi connectivity index (χ3n) is 4.30. The Morgan fingerprint density at radius 1 is 1.30 bits per heavy atom. The first-order valence-corrected chi connectivity index (χ1v) is 9.07. The lowest BCUT2D eigenvalue weighted by atomic mass is 10.2. The van der Waals surface area contributed by atoms with Gasteiger partial charge in [-0.2, -0.15) is 0 Å². The lowest BCUT2D eigenvalue weighted by Gasteiger charge is -2.12. The molecule has 3 aromatic rings. The van der Waals surface area contributed by atoms with E-state index in [4.69, 9.17) is 14.7 Å². The second-order valence-electron chi connectivity index (χ2n) is 6.69. The number of nitrogens with one attached hydrogen (secondary N) is 1. The minimum Gasteiger partial charge on any atom is -0.485 e. The zero-order valence-corrected chi connectivity index (χ0v) is 16.4. The number of hydrogen-bond acceptors (Lipinski definition) is 6. The van der Waals surface area contributed by atoms with Crippen molar-refractivity contribution in [3.05, 3.63) is 64.6 Å². The molecule has 0 bridgehead atoms. The number of aromatic nitrogens is 2. The quantitative estimate of drug-likeness (QED) is 0.480. The van der Waals surface area contributed by atoms with Crippen LogP contribution in [0.15, 0.2) is 30.5 Å². The summed E-state index contributed by atoms with van der Waals surface area (Å²) in [6.45, 7) is 2.22. The molecule has 0 aliphatic rings. The molecule has 1 atom stereocenters. The third kappa shape index (κ3) is 4.56. The molecule has 2 aromatic heterocycles. The van der Waals surface area contributed by atoms with Gasteiger partial charge in [-0.25, -0.2) is 19.2 Å². The van der Waals surface area contributed by atoms with Gasteiger partial charge in [0.15, 0.2) is 11.4 Å². The summed E-state index contributed by atoms with van der Waals surface area (Å²) in [6.07, 6.45) is 0.526. The Labute approximate surface area is 170 Å². The van der Waals surface area contributed by atoms with Crippen LogP contribution >= 0.6 is 0 Å². The zero-order valence-electron chi connectivity index (χ0n) is 16.4. The van der Waals surface area contributed by atoms with Crippen molar-refractivity contribution in [3.8, 4) is 5.75 Å². The van der Waals surface area contributed by atoms with Gasteiger partial charge in [0, 0.05) is 6.20 Å². The molecule has 0 saturated carbocycles. The number of aryl methyl sites for hydroxylation is 2. The second-order valence-corrected chi connectivity index (χ2v) is 6.69. The van der Waals surface area contributed by atoms with Gasteiger partial charge in [-0.05, 0) is 37.6 Å². The Kier molecular flexibility index (Phi) is 6.60. The Morgan fingerprint density at radius 3 is 2.67 bits per heavy atom. The molecule has 10 heteroatoms. The predicted octanol–water partition coefficient (Wildman–Crippen LogP) is 1.82. The number of aliphatic hydroxyl groups excluding tert-OH is 2. The first-order valence-electron chi connectivity index (χ1n) is 9.07. The van der Waals surface area contributed by atoms with Crippen LogP contribution in [0, 0.1) is 25.5 Å². The van der Waals surface area contributed by atoms with Crippen LogP contribution in [0.2, 0.25) is 0 Å². The molecule has 3 N–H and O–H groups in total. The Bertz CT molecular complexity index is 1050. The van der Waals surface area contributed by atoms with Crippen LogP contribution in [0.4, 0.5) is 8.78 Å². The molecule has 0 fully saturated rings. The fourth-order valence-electron chi connectivity index (χ4n) is 2.86. The third-order valence-corrected chi connectivity index (χ3v) is 4.30. The molecule has 30 heavy (non-hydrogen) atoms. The van der Waals surface area contributed by atoms with Crippen molar-refractivity contribution in [2.45, 2.75) is 26.6 Å². The lowest BCUT2D eigenvalue weighted by Crippen LogP contribution is -2.30. The number of benzene rings is 1. The number of amides is 1. The number of halogens is 2. The molecule has 0 spiro atoms. The fourth-order valence-corrected chi connectivity index (χ4v) is 2.86. The van der Waals surface area contributed by atoms with E-state index in [-0.39, 0.29) is 35.9 Å². The maximum absolute atomic E-state index is 13.9. The van der Waals surface area contributed by atoms with Gasteiger partial charge < -0.3 is 14.9 Å². The largest absolute Gasteiger partial charge is 0.485 e. The SMILES string of the molecule is Cc1cc(OCc2c(F)cccc2F)c2nc(C)c(C(=O)NOC[C@@H](O)CO)n2c1. The van der Waals surface area contributed by atoms with E-state index >= 15 is 0 Å². The molecule has 0 aliphatic carbocycles. The number of rotatable bonds is 8. The van der Waals surface area contributed by atoms with Crippen molar-refractivity contribution in [1.82, 2.24) is 14.9 Å². The van der Waals surface area contributed by atoms with Crippen molar-refractivity contribution < 1.29 is 33.4 Å². The van der Waals surface area contributed by atoms with Gasteiger partial charge >= 0.3 is 0 Å². The Balaban J connectivity index is 1.87. The summed E-state index contributed by atoms with van der Waals surface area (Å²) >= 11 is 0. The van der Waals surface area contributed by atoms with Crippen molar-refractivity contribution in [2.75, 3.05) is 13.2 Å². The van der Waals surface area contributed by atoms with E-state index in [2.05, 4.69) is 10.5 Å². The maximum Gasteiger partial charge on any atom is 0.293 e. The van der Waals surface area contributed by atoms with Crippen LogP contribution in [-0.2, 0) is 11.4 Å². The van der Waals surface area contributed by atoms with Crippen LogP contribution in [0.3, 0.4) is 0 Å². The molecular weight excluding hydrogens is 400 g/mol. The first-order chi connectivity index (χ1) is 14.3. The number of fused-ring (bicyclic) bond motifs is 1. The molecule has 0 unspecified atom stereocenters. The van der Waals surface area contributed by atoms with Crippen molar-refractivity contribution in [2.24, 2.45) is 0 Å². The van der Waals surface area contributed by atoms with E-state index < -0.39 is 30.3 Å².